The van der Waals surface area contributed by atoms with Gasteiger partial charge in [-0.3, -0.25) is 9.48 Å². The van der Waals surface area contributed by atoms with Crippen LogP contribution >= 0.6 is 0 Å². The standard InChI is InChI=1S/C21H19FN6O3/c1-4-16-18(29)12-6-5-11(22)7-13(12)10(2)30-21-19(24)25-9-14(26-21)17-15(8-23)28(3)27-20(17)31-16/h5-7,9-10,16H,4H2,1-3H3,(H2,24,25)/t10-,16?/m1/s1. The summed E-state index contributed by atoms with van der Waals surface area (Å²) in [6.07, 6.45) is 0.0146. The summed E-state index contributed by atoms with van der Waals surface area (Å²) in [5.74, 6) is -0.818. The molecule has 1 aliphatic heterocycles. The number of carbonyl (C=O) groups is 1. The third-order valence-corrected chi connectivity index (χ3v) is 5.07. The third kappa shape index (κ3) is 3.44. The lowest BCUT2D eigenvalue weighted by Crippen LogP contribution is -2.29. The Morgan fingerprint density at radius 2 is 2.10 bits per heavy atom. The van der Waals surface area contributed by atoms with E-state index in [2.05, 4.69) is 21.1 Å². The van der Waals surface area contributed by atoms with Crippen molar-refractivity contribution in [1.82, 2.24) is 19.7 Å². The summed E-state index contributed by atoms with van der Waals surface area (Å²) in [7, 11) is 1.58. The Bertz CT molecular complexity index is 1230. The Labute approximate surface area is 177 Å². The first-order valence-corrected chi connectivity index (χ1v) is 9.61. The van der Waals surface area contributed by atoms with E-state index in [0.717, 1.165) is 0 Å². The fourth-order valence-electron chi connectivity index (χ4n) is 3.49. The lowest BCUT2D eigenvalue weighted by Gasteiger charge is -2.22. The largest absolute Gasteiger partial charge is 0.467 e. The van der Waals surface area contributed by atoms with Gasteiger partial charge in [0.25, 0.3) is 5.88 Å². The highest BCUT2D eigenvalue weighted by Crippen LogP contribution is 2.36. The van der Waals surface area contributed by atoms with Gasteiger partial charge in [0, 0.05) is 18.2 Å². The van der Waals surface area contributed by atoms with E-state index >= 15 is 0 Å². The summed E-state index contributed by atoms with van der Waals surface area (Å²) in [6.45, 7) is 3.44. The maximum absolute atomic E-state index is 14.0. The highest BCUT2D eigenvalue weighted by atomic mass is 19.1. The summed E-state index contributed by atoms with van der Waals surface area (Å²) in [5.41, 5.74) is 7.22. The number of anilines is 1. The normalized spacial score (nSPS) is 17.8. The molecule has 4 rings (SSSR count). The number of fused-ring (bicyclic) bond motifs is 5. The summed E-state index contributed by atoms with van der Waals surface area (Å²) in [4.78, 5) is 21.9. The number of Topliss-reactive ketones (excluding diaryl/α,β-unsaturated/α-hetero) is 1. The molecule has 9 nitrogen and oxygen atoms in total. The lowest BCUT2D eigenvalue weighted by molar-refractivity contribution is 0.0773. The van der Waals surface area contributed by atoms with E-state index in [1.807, 2.05) is 0 Å². The van der Waals surface area contributed by atoms with Gasteiger partial charge in [-0.05, 0) is 31.5 Å². The minimum absolute atomic E-state index is 0.00763. The van der Waals surface area contributed by atoms with E-state index in [-0.39, 0.29) is 45.9 Å². The number of nitriles is 1. The van der Waals surface area contributed by atoms with Crippen molar-refractivity contribution in [3.8, 4) is 29.1 Å². The Morgan fingerprint density at radius 1 is 1.32 bits per heavy atom. The molecule has 0 aliphatic carbocycles. The Morgan fingerprint density at radius 3 is 2.81 bits per heavy atom. The van der Waals surface area contributed by atoms with Crippen LogP contribution in [-0.2, 0) is 7.05 Å². The summed E-state index contributed by atoms with van der Waals surface area (Å²) in [6, 6.07) is 5.91. The SMILES string of the molecule is CCC1Oc2nn(C)c(C#N)c2-c2cnc(N)c(n2)O[C@H](C)c2cc(F)ccc2C1=O. The minimum atomic E-state index is -0.919. The van der Waals surface area contributed by atoms with Gasteiger partial charge in [-0.15, -0.1) is 5.10 Å². The summed E-state index contributed by atoms with van der Waals surface area (Å²) in [5, 5.41) is 13.9. The third-order valence-electron chi connectivity index (χ3n) is 5.07. The van der Waals surface area contributed by atoms with Crippen molar-refractivity contribution in [1.29, 1.82) is 5.26 Å². The first-order chi connectivity index (χ1) is 14.8. The molecule has 0 saturated heterocycles. The fraction of sp³-hybridized carbons (Fsp3) is 0.286. The second-order valence-corrected chi connectivity index (χ2v) is 7.08. The molecular weight excluding hydrogens is 403 g/mol. The summed E-state index contributed by atoms with van der Waals surface area (Å²) >= 11 is 0. The number of rotatable bonds is 1. The number of benzene rings is 1. The van der Waals surface area contributed by atoms with Crippen molar-refractivity contribution in [3.63, 3.8) is 0 Å². The number of nitrogens with two attached hydrogens (primary N) is 1. The number of halogens is 1. The van der Waals surface area contributed by atoms with E-state index in [1.54, 1.807) is 20.9 Å². The van der Waals surface area contributed by atoms with Crippen molar-refractivity contribution in [2.45, 2.75) is 32.5 Å². The highest BCUT2D eigenvalue weighted by molar-refractivity contribution is 6.01. The van der Waals surface area contributed by atoms with Crippen molar-refractivity contribution in [2.75, 3.05) is 5.73 Å². The molecule has 0 radical (unpaired) electrons. The van der Waals surface area contributed by atoms with Crippen LogP contribution in [0.2, 0.25) is 0 Å². The van der Waals surface area contributed by atoms with Gasteiger partial charge in [0.05, 0.1) is 6.20 Å². The number of hydrogen-bond acceptors (Lipinski definition) is 8. The van der Waals surface area contributed by atoms with Gasteiger partial charge < -0.3 is 15.2 Å². The Hall–Kier alpha value is -4.00. The summed E-state index contributed by atoms with van der Waals surface area (Å²) < 4.78 is 27.2. The molecule has 2 bridgehead atoms. The number of hydrogen-bond donors (Lipinski definition) is 1. The number of nitrogens with zero attached hydrogens (tertiary/aromatic N) is 5. The number of carbonyl (C=O) groups excluding carboxylic acids is 1. The molecular formula is C21H19FN6O3. The molecule has 0 amide bonds. The fourth-order valence-corrected chi connectivity index (χ4v) is 3.49. The van der Waals surface area contributed by atoms with E-state index in [1.165, 1.54) is 29.1 Å². The minimum Gasteiger partial charge on any atom is -0.467 e. The number of nitrogen functional groups attached to an aromatic ring is 1. The zero-order valence-corrected chi connectivity index (χ0v) is 17.1. The Balaban J connectivity index is 1.99. The van der Waals surface area contributed by atoms with Crippen LogP contribution in [0.25, 0.3) is 11.3 Å². The quantitative estimate of drug-likeness (QED) is 0.634. The van der Waals surface area contributed by atoms with Crippen molar-refractivity contribution < 1.29 is 18.7 Å². The molecule has 10 heteroatoms. The van der Waals surface area contributed by atoms with Crippen LogP contribution in [0.15, 0.2) is 24.4 Å². The monoisotopic (exact) mass is 422 g/mol. The second kappa shape index (κ2) is 7.68. The van der Waals surface area contributed by atoms with Gasteiger partial charge in [-0.1, -0.05) is 6.92 Å². The van der Waals surface area contributed by atoms with E-state index < -0.39 is 18.0 Å². The van der Waals surface area contributed by atoms with Crippen LogP contribution < -0.4 is 15.2 Å². The first-order valence-electron chi connectivity index (χ1n) is 9.61. The molecule has 31 heavy (non-hydrogen) atoms. The molecule has 3 heterocycles. The van der Waals surface area contributed by atoms with Crippen LogP contribution in [-0.4, -0.2) is 31.6 Å². The highest BCUT2D eigenvalue weighted by Gasteiger charge is 2.31. The lowest BCUT2D eigenvalue weighted by atomic mass is 9.95. The van der Waals surface area contributed by atoms with Gasteiger partial charge in [-0.25, -0.2) is 14.4 Å². The van der Waals surface area contributed by atoms with Crippen LogP contribution in [0.1, 0.15) is 48.0 Å². The van der Waals surface area contributed by atoms with Gasteiger partial charge >= 0.3 is 0 Å². The maximum Gasteiger partial charge on any atom is 0.258 e. The van der Waals surface area contributed by atoms with Gasteiger partial charge in [0.15, 0.2) is 17.6 Å². The molecule has 1 aliphatic rings. The topological polar surface area (TPSA) is 129 Å². The van der Waals surface area contributed by atoms with Crippen LogP contribution in [0.4, 0.5) is 10.2 Å². The zero-order chi connectivity index (χ0) is 22.3. The van der Waals surface area contributed by atoms with Gasteiger partial charge in [0.2, 0.25) is 11.7 Å². The van der Waals surface area contributed by atoms with Gasteiger partial charge in [0.1, 0.15) is 29.2 Å². The first kappa shape index (κ1) is 20.3. The zero-order valence-electron chi connectivity index (χ0n) is 17.1. The van der Waals surface area contributed by atoms with E-state index in [9.17, 15) is 14.4 Å². The van der Waals surface area contributed by atoms with Gasteiger partial charge in [-0.2, -0.15) is 5.26 Å². The molecule has 1 aromatic carbocycles. The van der Waals surface area contributed by atoms with E-state index in [0.29, 0.717) is 12.0 Å². The molecule has 158 valence electrons. The average Bonchev–Trinajstić information content (AvgIpc) is 3.07. The molecule has 3 aromatic rings. The maximum atomic E-state index is 14.0. The van der Waals surface area contributed by atoms with Crippen LogP contribution in [0.3, 0.4) is 0 Å². The number of ether oxygens (including phenoxy) is 2. The molecule has 0 saturated carbocycles. The second-order valence-electron chi connectivity index (χ2n) is 7.08. The predicted molar refractivity (Wildman–Crippen MR) is 108 cm³/mol. The molecule has 0 spiro atoms. The average molecular weight is 422 g/mol. The molecule has 2 N–H and O–H groups in total. The number of ketones is 1. The Kier molecular flexibility index (Phi) is 5.02. The predicted octanol–water partition coefficient (Wildman–Crippen LogP) is 2.96. The molecule has 2 atom stereocenters. The smallest absolute Gasteiger partial charge is 0.258 e. The van der Waals surface area contributed by atoms with Crippen LogP contribution in [0, 0.1) is 17.1 Å². The van der Waals surface area contributed by atoms with Crippen molar-refractivity contribution in [3.05, 3.63) is 47.0 Å². The van der Waals surface area contributed by atoms with Crippen molar-refractivity contribution in [2.24, 2.45) is 7.05 Å². The van der Waals surface area contributed by atoms with Crippen molar-refractivity contribution >= 4 is 11.6 Å². The van der Waals surface area contributed by atoms with Crippen LogP contribution in [0.5, 0.6) is 11.8 Å². The number of aromatic nitrogens is 4. The molecule has 0 fully saturated rings. The molecule has 1 unspecified atom stereocenters. The van der Waals surface area contributed by atoms with E-state index in [4.69, 9.17) is 15.2 Å². The molecule has 2 aromatic heterocycles. The number of aryl methyl sites for hydroxylation is 1.